The molecule has 0 aliphatic carbocycles. The number of likely N-dealkylation sites (tertiary alicyclic amines) is 1. The lowest BCUT2D eigenvalue weighted by Gasteiger charge is -2.36. The molecule has 4 nitrogen and oxygen atoms in total. The topological polar surface area (TPSA) is 26.8 Å². The van der Waals surface area contributed by atoms with Crippen LogP contribution in [0, 0.1) is 5.41 Å². The third-order valence-corrected chi connectivity index (χ3v) is 6.74. The van der Waals surface area contributed by atoms with Gasteiger partial charge in [0.15, 0.2) is 0 Å². The molecule has 0 N–H and O–H groups in total. The molecule has 2 fully saturated rings. The van der Waals surface area contributed by atoms with Gasteiger partial charge in [0.2, 0.25) is 5.91 Å². The summed E-state index contributed by atoms with van der Waals surface area (Å²) >= 11 is 0. The number of nitrogens with zero attached hydrogens (tertiary/aromatic N) is 3. The van der Waals surface area contributed by atoms with Crippen molar-refractivity contribution in [3.8, 4) is 0 Å². The lowest BCUT2D eigenvalue weighted by molar-refractivity contribution is -0.137. The van der Waals surface area contributed by atoms with Gasteiger partial charge in [0.05, 0.1) is 5.56 Å². The number of benzene rings is 1. The molecule has 0 saturated carbocycles. The molecule has 0 spiro atoms. The van der Waals surface area contributed by atoms with Crippen molar-refractivity contribution in [3.63, 3.8) is 0 Å². The fraction of sp³-hybridized carbons (Fsp3) is 0.708. The second-order valence-corrected chi connectivity index (χ2v) is 9.73. The lowest BCUT2D eigenvalue weighted by Crippen LogP contribution is -2.46. The molecule has 2 heterocycles. The van der Waals surface area contributed by atoms with Crippen LogP contribution in [0.25, 0.3) is 0 Å². The second-order valence-electron chi connectivity index (χ2n) is 9.73. The molecule has 0 bridgehead atoms. The van der Waals surface area contributed by atoms with Gasteiger partial charge >= 0.3 is 6.18 Å². The molecule has 0 radical (unpaired) electrons. The SMILES string of the molecule is CC1(C)CCC(=O)N(CCCCCN2CCN(c3cccc(C(F)(F)F)c3)CC2)CC1. The van der Waals surface area contributed by atoms with E-state index >= 15 is 0 Å². The van der Waals surface area contributed by atoms with Crippen LogP contribution in [-0.4, -0.2) is 61.5 Å². The molecule has 7 heteroatoms. The summed E-state index contributed by atoms with van der Waals surface area (Å²) in [6.07, 6.45) is 1.66. The fourth-order valence-corrected chi connectivity index (χ4v) is 4.45. The van der Waals surface area contributed by atoms with Crippen LogP contribution >= 0.6 is 0 Å². The van der Waals surface area contributed by atoms with E-state index in [1.54, 1.807) is 6.07 Å². The Bertz CT molecular complexity index is 727. The number of amides is 1. The minimum absolute atomic E-state index is 0.265. The number of carbonyl (C=O) groups excluding carboxylic acids is 1. The van der Waals surface area contributed by atoms with Gasteiger partial charge in [0.25, 0.3) is 0 Å². The largest absolute Gasteiger partial charge is 0.416 e. The summed E-state index contributed by atoms with van der Waals surface area (Å²) in [5.74, 6) is 0.302. The maximum Gasteiger partial charge on any atom is 0.416 e. The number of alkyl halides is 3. The normalized spacial score (nSPS) is 20.7. The molecule has 0 atom stereocenters. The zero-order valence-electron chi connectivity index (χ0n) is 18.9. The van der Waals surface area contributed by atoms with Crippen molar-refractivity contribution >= 4 is 11.6 Å². The molecular formula is C24H36F3N3O. The number of carbonyl (C=O) groups is 1. The van der Waals surface area contributed by atoms with Gasteiger partial charge in [0, 0.05) is 51.4 Å². The van der Waals surface area contributed by atoms with Gasteiger partial charge in [-0.1, -0.05) is 26.3 Å². The van der Waals surface area contributed by atoms with Crippen LogP contribution in [-0.2, 0) is 11.0 Å². The third-order valence-electron chi connectivity index (χ3n) is 6.74. The Labute approximate surface area is 184 Å². The number of rotatable bonds is 7. The van der Waals surface area contributed by atoms with Crippen LogP contribution in [0.5, 0.6) is 0 Å². The Kier molecular flexibility index (Phi) is 7.89. The predicted octanol–water partition coefficient (Wildman–Crippen LogP) is 5.04. The van der Waals surface area contributed by atoms with Crippen LogP contribution in [0.2, 0.25) is 0 Å². The van der Waals surface area contributed by atoms with E-state index in [2.05, 4.69) is 18.7 Å². The van der Waals surface area contributed by atoms with Crippen molar-refractivity contribution in [1.82, 2.24) is 9.80 Å². The number of hydrogen-bond acceptors (Lipinski definition) is 3. The second kappa shape index (κ2) is 10.2. The van der Waals surface area contributed by atoms with Crippen molar-refractivity contribution in [3.05, 3.63) is 29.8 Å². The first-order valence-corrected chi connectivity index (χ1v) is 11.6. The molecular weight excluding hydrogens is 403 g/mol. The number of piperazine rings is 1. The first-order valence-electron chi connectivity index (χ1n) is 11.6. The molecule has 0 unspecified atom stereocenters. The molecule has 1 aromatic carbocycles. The summed E-state index contributed by atoms with van der Waals surface area (Å²) < 4.78 is 38.8. The first kappa shape index (κ1) is 23.9. The number of halogens is 3. The van der Waals surface area contributed by atoms with Gasteiger partial charge in [-0.15, -0.1) is 0 Å². The van der Waals surface area contributed by atoms with E-state index in [1.807, 2.05) is 9.80 Å². The van der Waals surface area contributed by atoms with Gasteiger partial charge in [-0.25, -0.2) is 0 Å². The molecule has 0 aromatic heterocycles. The smallest absolute Gasteiger partial charge is 0.369 e. The summed E-state index contributed by atoms with van der Waals surface area (Å²) in [6, 6.07) is 5.62. The highest BCUT2D eigenvalue weighted by Gasteiger charge is 2.31. The van der Waals surface area contributed by atoms with E-state index < -0.39 is 11.7 Å². The summed E-state index contributed by atoms with van der Waals surface area (Å²) in [5.41, 5.74) is 0.333. The minimum Gasteiger partial charge on any atom is -0.369 e. The van der Waals surface area contributed by atoms with E-state index in [1.165, 1.54) is 12.1 Å². The predicted molar refractivity (Wildman–Crippen MR) is 118 cm³/mol. The highest BCUT2D eigenvalue weighted by molar-refractivity contribution is 5.76. The van der Waals surface area contributed by atoms with Crippen molar-refractivity contribution in [2.45, 2.75) is 58.5 Å². The third kappa shape index (κ3) is 7.13. The molecule has 31 heavy (non-hydrogen) atoms. The van der Waals surface area contributed by atoms with Gasteiger partial charge in [-0.2, -0.15) is 13.2 Å². The van der Waals surface area contributed by atoms with Gasteiger partial charge < -0.3 is 9.80 Å². The van der Waals surface area contributed by atoms with Crippen molar-refractivity contribution in [1.29, 1.82) is 0 Å². The first-order chi connectivity index (χ1) is 14.6. The van der Waals surface area contributed by atoms with Crippen molar-refractivity contribution < 1.29 is 18.0 Å². The van der Waals surface area contributed by atoms with E-state index in [0.717, 1.165) is 84.0 Å². The van der Waals surface area contributed by atoms with Crippen LogP contribution in [0.3, 0.4) is 0 Å². The zero-order valence-corrected chi connectivity index (χ0v) is 18.9. The molecule has 1 aromatic rings. The minimum atomic E-state index is -4.30. The number of unbranched alkanes of at least 4 members (excludes halogenated alkanes) is 2. The van der Waals surface area contributed by atoms with E-state index in [-0.39, 0.29) is 5.41 Å². The molecule has 3 rings (SSSR count). The molecule has 2 saturated heterocycles. The van der Waals surface area contributed by atoms with Gasteiger partial charge in [-0.3, -0.25) is 9.69 Å². The number of anilines is 1. The average Bonchev–Trinajstić information content (AvgIpc) is 2.86. The standard InChI is InChI=1S/C24H36F3N3O/c1-23(2)10-9-22(31)30(14-11-23)13-5-3-4-12-28-15-17-29(18-16-28)21-8-6-7-20(19-21)24(25,26)27/h6-8,19H,3-5,9-18H2,1-2H3. The van der Waals surface area contributed by atoms with Crippen LogP contribution in [0.15, 0.2) is 24.3 Å². The Morgan fingerprint density at radius 1 is 0.935 bits per heavy atom. The van der Waals surface area contributed by atoms with E-state index in [0.29, 0.717) is 18.0 Å². The van der Waals surface area contributed by atoms with Crippen LogP contribution < -0.4 is 4.90 Å². The molecule has 2 aliphatic heterocycles. The summed E-state index contributed by atoms with van der Waals surface area (Å²) in [7, 11) is 0. The quantitative estimate of drug-likeness (QED) is 0.557. The highest BCUT2D eigenvalue weighted by Crippen LogP contribution is 2.32. The molecule has 174 valence electrons. The maximum absolute atomic E-state index is 12.9. The monoisotopic (exact) mass is 439 g/mol. The van der Waals surface area contributed by atoms with E-state index in [4.69, 9.17) is 0 Å². The van der Waals surface area contributed by atoms with Crippen molar-refractivity contribution in [2.24, 2.45) is 5.41 Å². The summed E-state index contributed by atoms with van der Waals surface area (Å²) in [4.78, 5) is 18.8. The fourth-order valence-electron chi connectivity index (χ4n) is 4.45. The molecule has 2 aliphatic rings. The molecule has 1 amide bonds. The highest BCUT2D eigenvalue weighted by atomic mass is 19.4. The van der Waals surface area contributed by atoms with Crippen LogP contribution in [0.1, 0.15) is 57.9 Å². The Morgan fingerprint density at radius 3 is 2.35 bits per heavy atom. The Balaban J connectivity index is 1.33. The van der Waals surface area contributed by atoms with Crippen LogP contribution in [0.4, 0.5) is 18.9 Å². The Morgan fingerprint density at radius 2 is 1.65 bits per heavy atom. The average molecular weight is 440 g/mol. The lowest BCUT2D eigenvalue weighted by atomic mass is 9.85. The Hall–Kier alpha value is -1.76. The zero-order chi connectivity index (χ0) is 22.5. The van der Waals surface area contributed by atoms with Gasteiger partial charge in [0.1, 0.15) is 0 Å². The van der Waals surface area contributed by atoms with Crippen molar-refractivity contribution in [2.75, 3.05) is 50.7 Å². The summed E-state index contributed by atoms with van der Waals surface area (Å²) in [6.45, 7) is 10.5. The number of hydrogen-bond donors (Lipinski definition) is 0. The van der Waals surface area contributed by atoms with E-state index in [9.17, 15) is 18.0 Å². The maximum atomic E-state index is 12.9. The summed E-state index contributed by atoms with van der Waals surface area (Å²) in [5, 5.41) is 0. The van der Waals surface area contributed by atoms with Gasteiger partial charge in [-0.05, 0) is 55.8 Å².